The van der Waals surface area contributed by atoms with E-state index in [4.69, 9.17) is 9.47 Å². The molecular formula is C24H23N5O6. The van der Waals surface area contributed by atoms with Crippen LogP contribution in [-0.4, -0.2) is 33.3 Å². The number of aryl methyl sites for hydroxylation is 1. The van der Waals surface area contributed by atoms with Crippen LogP contribution in [0.2, 0.25) is 0 Å². The molecule has 2 aromatic carbocycles. The summed E-state index contributed by atoms with van der Waals surface area (Å²) in [6.45, 7) is 0. The second kappa shape index (κ2) is 9.45. The standard InChI is InChI=1S/C24H23N5O6/c30-23-10-2-14-11-16(3-9-20(14)26-23)25-22-13-21(27-28-22)15-1-6-19(12-15)35-24(31)34-18-7-4-17(5-8-18)29(32)33/h3-5,7-9,11,13,15,19H,1-2,6,10,12H2,(H,26,30)(H2,25,27,28)/t15-,19+/m0/s1. The number of hydrogen-bond donors (Lipinski definition) is 3. The number of nitrogens with one attached hydrogen (secondary N) is 3. The molecule has 3 aromatic rings. The number of rotatable bonds is 6. The molecule has 11 nitrogen and oxygen atoms in total. The number of nitrogens with zero attached hydrogens (tertiary/aromatic N) is 2. The fourth-order valence-electron chi connectivity index (χ4n) is 4.44. The van der Waals surface area contributed by atoms with E-state index in [1.165, 1.54) is 24.3 Å². The van der Waals surface area contributed by atoms with Crippen LogP contribution in [0, 0.1) is 10.1 Å². The molecule has 35 heavy (non-hydrogen) atoms. The van der Waals surface area contributed by atoms with E-state index in [0.29, 0.717) is 31.5 Å². The molecule has 2 heterocycles. The number of nitro benzene ring substituents is 1. The van der Waals surface area contributed by atoms with Gasteiger partial charge in [0.25, 0.3) is 5.69 Å². The molecule has 180 valence electrons. The zero-order chi connectivity index (χ0) is 24.4. The van der Waals surface area contributed by atoms with E-state index >= 15 is 0 Å². The molecule has 0 unspecified atom stereocenters. The number of ether oxygens (including phenoxy) is 2. The van der Waals surface area contributed by atoms with Crippen LogP contribution >= 0.6 is 0 Å². The number of H-pyrrole nitrogens is 1. The Bertz CT molecular complexity index is 1270. The zero-order valence-corrected chi connectivity index (χ0v) is 18.7. The van der Waals surface area contributed by atoms with E-state index < -0.39 is 11.1 Å². The molecule has 1 amide bonds. The summed E-state index contributed by atoms with van der Waals surface area (Å²) in [6.07, 6.45) is 2.22. The van der Waals surface area contributed by atoms with E-state index in [-0.39, 0.29) is 29.4 Å². The molecule has 1 saturated carbocycles. The monoisotopic (exact) mass is 477 g/mol. The summed E-state index contributed by atoms with van der Waals surface area (Å²) in [5.74, 6) is 1.06. The van der Waals surface area contributed by atoms with Crippen LogP contribution in [0.25, 0.3) is 0 Å². The van der Waals surface area contributed by atoms with Crippen molar-refractivity contribution < 1.29 is 24.0 Å². The summed E-state index contributed by atoms with van der Waals surface area (Å²) in [7, 11) is 0. The summed E-state index contributed by atoms with van der Waals surface area (Å²) in [4.78, 5) is 33.9. The van der Waals surface area contributed by atoms with Crippen LogP contribution < -0.4 is 15.4 Å². The highest BCUT2D eigenvalue weighted by molar-refractivity contribution is 5.94. The SMILES string of the molecule is O=C1CCc2cc(Nc3cc([C@H]4CC[C@@H](OC(=O)Oc5ccc([N+](=O)[O-])cc5)C4)[nH]n3)ccc2N1. The molecule has 2 atom stereocenters. The molecule has 0 radical (unpaired) electrons. The highest BCUT2D eigenvalue weighted by Gasteiger charge is 2.30. The molecule has 11 heteroatoms. The number of carbonyl (C=O) groups excluding carboxylic acids is 2. The van der Waals surface area contributed by atoms with Crippen molar-refractivity contribution in [1.29, 1.82) is 0 Å². The minimum Gasteiger partial charge on any atom is -0.431 e. The van der Waals surface area contributed by atoms with Gasteiger partial charge in [-0.25, -0.2) is 4.79 Å². The second-order valence-corrected chi connectivity index (χ2v) is 8.61. The lowest BCUT2D eigenvalue weighted by Crippen LogP contribution is -2.18. The third kappa shape index (κ3) is 5.24. The molecule has 3 N–H and O–H groups in total. The number of nitro groups is 1. The molecular weight excluding hydrogens is 454 g/mol. The van der Waals surface area contributed by atoms with Gasteiger partial charge in [0.1, 0.15) is 11.9 Å². The van der Waals surface area contributed by atoms with Gasteiger partial charge in [0, 0.05) is 47.6 Å². The van der Waals surface area contributed by atoms with Crippen molar-refractivity contribution in [2.45, 2.75) is 44.1 Å². The van der Waals surface area contributed by atoms with Crippen molar-refractivity contribution in [2.75, 3.05) is 10.6 Å². The van der Waals surface area contributed by atoms with Crippen LogP contribution in [0.5, 0.6) is 5.75 Å². The lowest BCUT2D eigenvalue weighted by Gasteiger charge is -2.17. The highest BCUT2D eigenvalue weighted by atomic mass is 16.7. The van der Waals surface area contributed by atoms with Gasteiger partial charge in [-0.1, -0.05) is 0 Å². The summed E-state index contributed by atoms with van der Waals surface area (Å²) < 4.78 is 10.6. The number of amides is 1. The average Bonchev–Trinajstić information content (AvgIpc) is 3.49. The number of fused-ring (bicyclic) bond motifs is 1. The molecule has 0 bridgehead atoms. The molecule has 2 aliphatic rings. The van der Waals surface area contributed by atoms with Crippen LogP contribution in [0.3, 0.4) is 0 Å². The summed E-state index contributed by atoms with van der Waals surface area (Å²) in [6, 6.07) is 13.0. The average molecular weight is 477 g/mol. The Morgan fingerprint density at radius 3 is 2.74 bits per heavy atom. The maximum Gasteiger partial charge on any atom is 0.514 e. The van der Waals surface area contributed by atoms with Crippen LogP contribution in [0.1, 0.15) is 42.9 Å². The number of carbonyl (C=O) groups is 2. The van der Waals surface area contributed by atoms with Gasteiger partial charge in [-0.2, -0.15) is 5.10 Å². The second-order valence-electron chi connectivity index (χ2n) is 8.61. The van der Waals surface area contributed by atoms with Crippen molar-refractivity contribution in [3.8, 4) is 5.75 Å². The van der Waals surface area contributed by atoms with Gasteiger partial charge in [-0.3, -0.25) is 20.0 Å². The van der Waals surface area contributed by atoms with E-state index in [0.717, 1.165) is 29.1 Å². The normalized spacial score (nSPS) is 18.9. The van der Waals surface area contributed by atoms with E-state index in [1.54, 1.807) is 0 Å². The Hall–Kier alpha value is -4.41. The molecule has 1 aliphatic carbocycles. The topological polar surface area (TPSA) is 148 Å². The fraction of sp³-hybridized carbons (Fsp3) is 0.292. The van der Waals surface area contributed by atoms with Gasteiger partial charge in [0.05, 0.1) is 4.92 Å². The Morgan fingerprint density at radius 1 is 1.11 bits per heavy atom. The Labute approximate surface area is 200 Å². The highest BCUT2D eigenvalue weighted by Crippen LogP contribution is 2.36. The van der Waals surface area contributed by atoms with Gasteiger partial charge in [-0.05, 0) is 61.6 Å². The number of aromatic amines is 1. The first-order valence-electron chi connectivity index (χ1n) is 11.3. The largest absolute Gasteiger partial charge is 0.514 e. The molecule has 0 spiro atoms. The van der Waals surface area contributed by atoms with Gasteiger partial charge < -0.3 is 20.1 Å². The van der Waals surface area contributed by atoms with Crippen molar-refractivity contribution in [3.05, 3.63) is 69.9 Å². The van der Waals surface area contributed by atoms with Crippen LogP contribution in [0.15, 0.2) is 48.5 Å². The lowest BCUT2D eigenvalue weighted by molar-refractivity contribution is -0.384. The molecule has 1 aliphatic heterocycles. The number of benzene rings is 2. The predicted molar refractivity (Wildman–Crippen MR) is 126 cm³/mol. The zero-order valence-electron chi connectivity index (χ0n) is 18.7. The third-order valence-electron chi connectivity index (χ3n) is 6.21. The smallest absolute Gasteiger partial charge is 0.431 e. The summed E-state index contributed by atoms with van der Waals surface area (Å²) >= 11 is 0. The van der Waals surface area contributed by atoms with Gasteiger partial charge in [0.15, 0.2) is 5.82 Å². The molecule has 5 rings (SSSR count). The van der Waals surface area contributed by atoms with Crippen molar-refractivity contribution in [3.63, 3.8) is 0 Å². The minimum absolute atomic E-state index is 0.0357. The predicted octanol–water partition coefficient (Wildman–Crippen LogP) is 4.80. The Kier molecular flexibility index (Phi) is 6.04. The van der Waals surface area contributed by atoms with Gasteiger partial charge in [0.2, 0.25) is 5.91 Å². The summed E-state index contributed by atoms with van der Waals surface area (Å²) in [5, 5.41) is 24.3. The molecule has 0 saturated heterocycles. The lowest BCUT2D eigenvalue weighted by atomic mass is 10.0. The third-order valence-corrected chi connectivity index (χ3v) is 6.21. The Balaban J connectivity index is 1.13. The number of hydrogen-bond acceptors (Lipinski definition) is 8. The van der Waals surface area contributed by atoms with Crippen LogP contribution in [0.4, 0.5) is 27.7 Å². The van der Waals surface area contributed by atoms with E-state index in [2.05, 4.69) is 20.8 Å². The number of anilines is 3. The van der Waals surface area contributed by atoms with Crippen molar-refractivity contribution in [1.82, 2.24) is 10.2 Å². The fourth-order valence-corrected chi connectivity index (χ4v) is 4.44. The van der Waals surface area contributed by atoms with E-state index in [9.17, 15) is 19.7 Å². The number of non-ortho nitro benzene ring substituents is 1. The molecule has 1 aromatic heterocycles. The van der Waals surface area contributed by atoms with Crippen molar-refractivity contribution in [2.24, 2.45) is 0 Å². The minimum atomic E-state index is -0.833. The maximum absolute atomic E-state index is 12.1. The first-order valence-corrected chi connectivity index (χ1v) is 11.3. The first kappa shape index (κ1) is 22.4. The number of aromatic nitrogens is 2. The molecule has 1 fully saturated rings. The summed E-state index contributed by atoms with van der Waals surface area (Å²) in [5.41, 5.74) is 3.69. The maximum atomic E-state index is 12.1. The Morgan fingerprint density at radius 2 is 1.94 bits per heavy atom. The van der Waals surface area contributed by atoms with Gasteiger partial charge in [-0.15, -0.1) is 0 Å². The van der Waals surface area contributed by atoms with Crippen molar-refractivity contribution >= 4 is 34.9 Å². The first-order chi connectivity index (χ1) is 16.9. The van der Waals surface area contributed by atoms with Crippen LogP contribution in [-0.2, 0) is 16.0 Å². The van der Waals surface area contributed by atoms with E-state index in [1.807, 2.05) is 24.3 Å². The van der Waals surface area contributed by atoms with Gasteiger partial charge >= 0.3 is 6.16 Å². The quantitative estimate of drug-likeness (QED) is 0.198.